The van der Waals surface area contributed by atoms with Gasteiger partial charge in [0.15, 0.2) is 0 Å². The van der Waals surface area contributed by atoms with E-state index in [4.69, 9.17) is 5.11 Å². The number of carboxylic acid groups (broad SMARTS) is 1. The van der Waals surface area contributed by atoms with E-state index in [1.165, 1.54) is 11.8 Å². The molecular formula is C13H17NO3S. The van der Waals surface area contributed by atoms with Crippen molar-refractivity contribution >= 4 is 23.6 Å². The smallest absolute Gasteiger partial charge is 0.325 e. The molecule has 1 unspecified atom stereocenters. The Labute approximate surface area is 111 Å². The fraction of sp³-hybridized carbons (Fsp3) is 0.385. The third-order valence-corrected chi connectivity index (χ3v) is 3.41. The van der Waals surface area contributed by atoms with E-state index >= 15 is 0 Å². The Balaban J connectivity index is 2.14. The highest BCUT2D eigenvalue weighted by Crippen LogP contribution is 2.18. The highest BCUT2D eigenvalue weighted by atomic mass is 32.2. The van der Waals surface area contributed by atoms with Crippen LogP contribution in [0.5, 0.6) is 0 Å². The number of aliphatic carboxylic acids is 1. The number of rotatable bonds is 7. The van der Waals surface area contributed by atoms with Crippen molar-refractivity contribution in [1.29, 1.82) is 0 Å². The van der Waals surface area contributed by atoms with Gasteiger partial charge >= 0.3 is 5.97 Å². The fourth-order valence-electron chi connectivity index (χ4n) is 1.31. The van der Waals surface area contributed by atoms with Crippen molar-refractivity contribution in [2.45, 2.75) is 30.7 Å². The molecule has 1 atom stereocenters. The van der Waals surface area contributed by atoms with E-state index in [2.05, 4.69) is 5.32 Å². The minimum Gasteiger partial charge on any atom is -0.480 e. The van der Waals surface area contributed by atoms with Crippen molar-refractivity contribution in [3.05, 3.63) is 30.3 Å². The van der Waals surface area contributed by atoms with Crippen molar-refractivity contribution in [2.75, 3.05) is 5.75 Å². The standard InChI is InChI=1S/C13H17NO3S/c1-10(13(16)17)14-12(15)8-5-9-18-11-6-3-2-4-7-11/h2-4,6-7,10H,5,8-9H2,1H3,(H,14,15)(H,16,17). The van der Waals surface area contributed by atoms with Crippen molar-refractivity contribution in [3.63, 3.8) is 0 Å². The largest absolute Gasteiger partial charge is 0.480 e. The molecule has 0 saturated heterocycles. The molecule has 0 saturated carbocycles. The summed E-state index contributed by atoms with van der Waals surface area (Å²) < 4.78 is 0. The zero-order chi connectivity index (χ0) is 13.4. The number of nitrogens with one attached hydrogen (secondary N) is 1. The second-order valence-corrected chi connectivity index (χ2v) is 5.06. The van der Waals surface area contributed by atoms with Crippen LogP contribution in [0.25, 0.3) is 0 Å². The zero-order valence-corrected chi connectivity index (χ0v) is 11.1. The van der Waals surface area contributed by atoms with E-state index in [1.807, 2.05) is 30.3 Å². The molecule has 0 heterocycles. The third-order valence-electron chi connectivity index (χ3n) is 2.31. The lowest BCUT2D eigenvalue weighted by atomic mass is 10.3. The van der Waals surface area contributed by atoms with E-state index in [-0.39, 0.29) is 5.91 Å². The predicted molar refractivity (Wildman–Crippen MR) is 71.6 cm³/mol. The fourth-order valence-corrected chi connectivity index (χ4v) is 2.19. The Morgan fingerprint density at radius 3 is 2.61 bits per heavy atom. The van der Waals surface area contributed by atoms with Crippen molar-refractivity contribution in [2.24, 2.45) is 0 Å². The SMILES string of the molecule is CC(NC(=O)CCCSc1ccccc1)C(=O)O. The van der Waals surface area contributed by atoms with E-state index in [0.717, 1.165) is 12.2 Å². The van der Waals surface area contributed by atoms with Gasteiger partial charge in [0.25, 0.3) is 0 Å². The molecular weight excluding hydrogens is 250 g/mol. The number of hydrogen-bond acceptors (Lipinski definition) is 3. The summed E-state index contributed by atoms with van der Waals surface area (Å²) in [5, 5.41) is 11.1. The summed E-state index contributed by atoms with van der Waals surface area (Å²) in [4.78, 5) is 23.1. The van der Waals surface area contributed by atoms with Gasteiger partial charge in [0.05, 0.1) is 0 Å². The van der Waals surface area contributed by atoms with E-state index in [0.29, 0.717) is 6.42 Å². The summed E-state index contributed by atoms with van der Waals surface area (Å²) in [5.41, 5.74) is 0. The Kier molecular flexibility index (Phi) is 6.28. The first-order valence-electron chi connectivity index (χ1n) is 5.79. The Morgan fingerprint density at radius 1 is 1.33 bits per heavy atom. The van der Waals surface area contributed by atoms with Crippen molar-refractivity contribution < 1.29 is 14.7 Å². The predicted octanol–water partition coefficient (Wildman–Crippen LogP) is 2.15. The lowest BCUT2D eigenvalue weighted by molar-refractivity contribution is -0.141. The average Bonchev–Trinajstić information content (AvgIpc) is 2.35. The quantitative estimate of drug-likeness (QED) is 0.587. The number of thioether (sulfide) groups is 1. The normalized spacial score (nSPS) is 11.8. The average molecular weight is 267 g/mol. The first-order chi connectivity index (χ1) is 8.59. The summed E-state index contributed by atoms with van der Waals surface area (Å²) in [7, 11) is 0. The van der Waals surface area contributed by atoms with Crippen LogP contribution < -0.4 is 5.32 Å². The van der Waals surface area contributed by atoms with Crippen molar-refractivity contribution in [3.8, 4) is 0 Å². The maximum absolute atomic E-state index is 11.4. The molecule has 1 aromatic rings. The summed E-state index contributed by atoms with van der Waals surface area (Å²) in [5.74, 6) is -0.376. The van der Waals surface area contributed by atoms with Gasteiger partial charge in [-0.3, -0.25) is 9.59 Å². The summed E-state index contributed by atoms with van der Waals surface area (Å²) in [6.07, 6.45) is 1.09. The molecule has 0 aliphatic heterocycles. The van der Waals surface area contributed by atoms with Gasteiger partial charge < -0.3 is 10.4 Å². The molecule has 0 aromatic heterocycles. The van der Waals surface area contributed by atoms with Gasteiger partial charge in [-0.25, -0.2) is 0 Å². The monoisotopic (exact) mass is 267 g/mol. The molecule has 2 N–H and O–H groups in total. The highest BCUT2D eigenvalue weighted by Gasteiger charge is 2.13. The van der Waals surface area contributed by atoms with Gasteiger partial charge in [-0.05, 0) is 31.2 Å². The zero-order valence-electron chi connectivity index (χ0n) is 10.3. The molecule has 0 aliphatic rings. The second kappa shape index (κ2) is 7.76. The first kappa shape index (κ1) is 14.6. The van der Waals surface area contributed by atoms with Gasteiger partial charge in [-0.2, -0.15) is 0 Å². The molecule has 5 heteroatoms. The van der Waals surface area contributed by atoms with Gasteiger partial charge in [-0.15, -0.1) is 11.8 Å². The van der Waals surface area contributed by atoms with Crippen LogP contribution in [0.4, 0.5) is 0 Å². The summed E-state index contributed by atoms with van der Waals surface area (Å²) in [6.45, 7) is 1.46. The maximum atomic E-state index is 11.4. The van der Waals surface area contributed by atoms with Crippen LogP contribution in [-0.4, -0.2) is 28.8 Å². The molecule has 98 valence electrons. The Hall–Kier alpha value is -1.49. The van der Waals surface area contributed by atoms with E-state index in [9.17, 15) is 9.59 Å². The third kappa shape index (κ3) is 5.72. The highest BCUT2D eigenvalue weighted by molar-refractivity contribution is 7.99. The lowest BCUT2D eigenvalue weighted by Crippen LogP contribution is -2.38. The molecule has 0 bridgehead atoms. The van der Waals surface area contributed by atoms with Gasteiger partial charge in [0, 0.05) is 11.3 Å². The molecule has 1 rings (SSSR count). The van der Waals surface area contributed by atoms with Crippen LogP contribution in [0.3, 0.4) is 0 Å². The molecule has 1 aromatic carbocycles. The van der Waals surface area contributed by atoms with Crippen LogP contribution in [-0.2, 0) is 9.59 Å². The lowest BCUT2D eigenvalue weighted by Gasteiger charge is -2.08. The van der Waals surface area contributed by atoms with Gasteiger partial charge in [0.2, 0.25) is 5.91 Å². The number of amides is 1. The van der Waals surface area contributed by atoms with E-state index in [1.54, 1.807) is 11.8 Å². The van der Waals surface area contributed by atoms with Crippen molar-refractivity contribution in [1.82, 2.24) is 5.32 Å². The van der Waals surface area contributed by atoms with Crippen LogP contribution in [0, 0.1) is 0 Å². The van der Waals surface area contributed by atoms with Gasteiger partial charge in [-0.1, -0.05) is 18.2 Å². The number of hydrogen-bond donors (Lipinski definition) is 2. The molecule has 4 nitrogen and oxygen atoms in total. The second-order valence-electron chi connectivity index (χ2n) is 3.89. The number of carbonyl (C=O) groups excluding carboxylic acids is 1. The number of carbonyl (C=O) groups is 2. The maximum Gasteiger partial charge on any atom is 0.325 e. The van der Waals surface area contributed by atoms with Crippen LogP contribution >= 0.6 is 11.8 Å². The topological polar surface area (TPSA) is 66.4 Å². The summed E-state index contributed by atoms with van der Waals surface area (Å²) in [6, 6.07) is 9.14. The molecule has 0 aliphatic carbocycles. The Morgan fingerprint density at radius 2 is 2.00 bits per heavy atom. The minimum atomic E-state index is -1.01. The Bertz CT molecular complexity index is 394. The molecule has 0 spiro atoms. The number of benzene rings is 1. The minimum absolute atomic E-state index is 0.210. The van der Waals surface area contributed by atoms with Crippen LogP contribution in [0.1, 0.15) is 19.8 Å². The summed E-state index contributed by atoms with van der Waals surface area (Å²) >= 11 is 1.69. The number of carboxylic acids is 1. The first-order valence-corrected chi connectivity index (χ1v) is 6.78. The molecule has 0 fully saturated rings. The molecule has 1 amide bonds. The van der Waals surface area contributed by atoms with Gasteiger partial charge in [0.1, 0.15) is 6.04 Å². The molecule has 18 heavy (non-hydrogen) atoms. The van der Waals surface area contributed by atoms with E-state index < -0.39 is 12.0 Å². The molecule has 0 radical (unpaired) electrons. The van der Waals surface area contributed by atoms with Crippen LogP contribution in [0.2, 0.25) is 0 Å². The van der Waals surface area contributed by atoms with Crippen LogP contribution in [0.15, 0.2) is 35.2 Å².